The molecule has 6 nitrogen and oxygen atoms in total. The minimum Gasteiger partial charge on any atom is -0.383 e. The number of methoxy groups -OCH3 is 1. The quantitative estimate of drug-likeness (QED) is 0.814. The highest BCUT2D eigenvalue weighted by Gasteiger charge is 2.19. The molecule has 1 aromatic heterocycles. The van der Waals surface area contributed by atoms with Crippen molar-refractivity contribution in [2.45, 2.75) is 26.4 Å². The first-order valence-corrected chi connectivity index (χ1v) is 7.73. The van der Waals surface area contributed by atoms with E-state index >= 15 is 0 Å². The van der Waals surface area contributed by atoms with Crippen LogP contribution in [0.15, 0.2) is 30.5 Å². The number of carbonyl (C=O) groups is 2. The molecule has 0 saturated carbocycles. The highest BCUT2D eigenvalue weighted by molar-refractivity contribution is 6.08. The van der Waals surface area contributed by atoms with Gasteiger partial charge in [0.05, 0.1) is 12.2 Å². The molecule has 124 valence electrons. The van der Waals surface area contributed by atoms with Gasteiger partial charge in [0.25, 0.3) is 5.91 Å². The zero-order valence-corrected chi connectivity index (χ0v) is 13.8. The van der Waals surface area contributed by atoms with Gasteiger partial charge in [-0.15, -0.1) is 0 Å². The van der Waals surface area contributed by atoms with E-state index in [1.54, 1.807) is 14.0 Å². The van der Waals surface area contributed by atoms with Crippen LogP contribution in [0.2, 0.25) is 0 Å². The van der Waals surface area contributed by atoms with Crippen LogP contribution in [0.1, 0.15) is 24.2 Å². The van der Waals surface area contributed by atoms with Gasteiger partial charge in [0.15, 0.2) is 0 Å². The van der Waals surface area contributed by atoms with E-state index in [4.69, 9.17) is 4.74 Å². The van der Waals surface area contributed by atoms with Crippen molar-refractivity contribution >= 4 is 22.7 Å². The third-order valence-corrected chi connectivity index (χ3v) is 3.66. The average Bonchev–Trinajstić information content (AvgIpc) is 2.92. The summed E-state index contributed by atoms with van der Waals surface area (Å²) in [5.41, 5.74) is 1.54. The van der Waals surface area contributed by atoms with Crippen LogP contribution in [0.25, 0.3) is 10.9 Å². The Balaban J connectivity index is 2.24. The average molecular weight is 317 g/mol. The van der Waals surface area contributed by atoms with Crippen molar-refractivity contribution in [1.29, 1.82) is 0 Å². The maximum Gasteiger partial charge on any atom is 0.254 e. The molecule has 2 amide bonds. The number of benzene rings is 1. The molecule has 0 unspecified atom stereocenters. The van der Waals surface area contributed by atoms with Gasteiger partial charge in [0.1, 0.15) is 6.04 Å². The zero-order chi connectivity index (χ0) is 16.8. The number of amides is 2. The predicted molar refractivity (Wildman–Crippen MR) is 89.4 cm³/mol. The molecule has 6 heteroatoms. The van der Waals surface area contributed by atoms with E-state index in [2.05, 4.69) is 10.6 Å². The summed E-state index contributed by atoms with van der Waals surface area (Å²) in [6.45, 7) is 5.28. The Morgan fingerprint density at radius 2 is 2.04 bits per heavy atom. The number of carbonyl (C=O) groups excluding carboxylic acids is 2. The van der Waals surface area contributed by atoms with E-state index in [0.29, 0.717) is 25.3 Å². The topological polar surface area (TPSA) is 72.4 Å². The van der Waals surface area contributed by atoms with Gasteiger partial charge in [-0.2, -0.15) is 0 Å². The molecule has 0 bridgehead atoms. The monoisotopic (exact) mass is 317 g/mol. The maximum absolute atomic E-state index is 12.5. The molecule has 1 atom stereocenters. The van der Waals surface area contributed by atoms with Crippen LogP contribution in [-0.2, 0) is 16.1 Å². The van der Waals surface area contributed by atoms with Gasteiger partial charge in [0, 0.05) is 37.3 Å². The fraction of sp³-hybridized carbons (Fsp3) is 0.412. The van der Waals surface area contributed by atoms with Crippen molar-refractivity contribution in [1.82, 2.24) is 15.2 Å². The van der Waals surface area contributed by atoms with Crippen molar-refractivity contribution in [3.63, 3.8) is 0 Å². The van der Waals surface area contributed by atoms with Crippen molar-refractivity contribution in [2.75, 3.05) is 20.3 Å². The van der Waals surface area contributed by atoms with Gasteiger partial charge >= 0.3 is 0 Å². The second-order valence-corrected chi connectivity index (χ2v) is 5.34. The Morgan fingerprint density at radius 3 is 2.74 bits per heavy atom. The molecular formula is C17H23N3O3. The molecule has 1 aromatic carbocycles. The lowest BCUT2D eigenvalue weighted by Gasteiger charge is -2.12. The van der Waals surface area contributed by atoms with E-state index in [1.165, 1.54) is 0 Å². The summed E-state index contributed by atoms with van der Waals surface area (Å²) in [7, 11) is 1.65. The van der Waals surface area contributed by atoms with Crippen molar-refractivity contribution < 1.29 is 14.3 Å². The van der Waals surface area contributed by atoms with Crippen LogP contribution in [0.4, 0.5) is 0 Å². The number of nitrogens with one attached hydrogen (secondary N) is 2. The van der Waals surface area contributed by atoms with Gasteiger partial charge in [-0.3, -0.25) is 9.59 Å². The van der Waals surface area contributed by atoms with Gasteiger partial charge in [0.2, 0.25) is 5.91 Å². The van der Waals surface area contributed by atoms with Crippen LogP contribution in [0.5, 0.6) is 0 Å². The Kier molecular flexibility index (Phi) is 5.76. The Labute approximate surface area is 135 Å². The normalized spacial score (nSPS) is 12.1. The second kappa shape index (κ2) is 7.78. The molecule has 0 radical (unpaired) electrons. The van der Waals surface area contributed by atoms with E-state index in [0.717, 1.165) is 10.9 Å². The van der Waals surface area contributed by atoms with E-state index < -0.39 is 6.04 Å². The number of para-hydroxylation sites is 1. The van der Waals surface area contributed by atoms with Crippen molar-refractivity contribution in [3.8, 4) is 0 Å². The number of ether oxygens (including phenoxy) is 1. The number of rotatable bonds is 7. The first-order chi connectivity index (χ1) is 11.1. The standard InChI is InChI=1S/C17H23N3O3/c1-4-18-16(21)12(2)19-17(22)14-11-20(9-10-23-3)15-8-6-5-7-13(14)15/h5-8,11-12H,4,9-10H2,1-3H3,(H,18,21)(H,19,22)/t12-/m0/s1. The highest BCUT2D eigenvalue weighted by Crippen LogP contribution is 2.21. The Hall–Kier alpha value is -2.34. The summed E-state index contributed by atoms with van der Waals surface area (Å²) in [6.07, 6.45) is 1.81. The molecule has 23 heavy (non-hydrogen) atoms. The first kappa shape index (κ1) is 17.0. The molecule has 0 aliphatic rings. The van der Waals surface area contributed by atoms with Crippen LogP contribution >= 0.6 is 0 Å². The molecule has 2 rings (SSSR count). The number of hydrogen-bond acceptors (Lipinski definition) is 3. The number of aromatic nitrogens is 1. The van der Waals surface area contributed by atoms with Crippen LogP contribution in [0.3, 0.4) is 0 Å². The molecule has 0 fully saturated rings. The largest absolute Gasteiger partial charge is 0.383 e. The molecule has 2 N–H and O–H groups in total. The summed E-state index contributed by atoms with van der Waals surface area (Å²) >= 11 is 0. The summed E-state index contributed by atoms with van der Waals surface area (Å²) < 4.78 is 7.10. The first-order valence-electron chi connectivity index (χ1n) is 7.73. The lowest BCUT2D eigenvalue weighted by molar-refractivity contribution is -0.122. The lowest BCUT2D eigenvalue weighted by Crippen LogP contribution is -2.44. The van der Waals surface area contributed by atoms with Gasteiger partial charge in [-0.05, 0) is 19.9 Å². The van der Waals surface area contributed by atoms with Crippen LogP contribution in [-0.4, -0.2) is 42.7 Å². The number of nitrogens with zero attached hydrogens (tertiary/aromatic N) is 1. The fourth-order valence-corrected chi connectivity index (χ4v) is 2.47. The highest BCUT2D eigenvalue weighted by atomic mass is 16.5. The molecule has 0 aliphatic heterocycles. The van der Waals surface area contributed by atoms with E-state index in [1.807, 2.05) is 42.0 Å². The summed E-state index contributed by atoms with van der Waals surface area (Å²) in [5.74, 6) is -0.444. The molecule has 1 heterocycles. The van der Waals surface area contributed by atoms with Crippen LogP contribution in [0, 0.1) is 0 Å². The minimum atomic E-state index is -0.580. The third kappa shape index (κ3) is 3.90. The maximum atomic E-state index is 12.5. The number of fused-ring (bicyclic) bond motifs is 1. The van der Waals surface area contributed by atoms with Crippen molar-refractivity contribution in [2.24, 2.45) is 0 Å². The summed E-state index contributed by atoms with van der Waals surface area (Å²) in [5, 5.41) is 6.31. The fourth-order valence-electron chi connectivity index (χ4n) is 2.47. The van der Waals surface area contributed by atoms with Gasteiger partial charge in [-0.25, -0.2) is 0 Å². The second-order valence-electron chi connectivity index (χ2n) is 5.34. The Bertz CT molecular complexity index is 693. The smallest absolute Gasteiger partial charge is 0.254 e. The lowest BCUT2D eigenvalue weighted by atomic mass is 10.1. The summed E-state index contributed by atoms with van der Waals surface area (Å²) in [4.78, 5) is 24.3. The van der Waals surface area contributed by atoms with Gasteiger partial charge < -0.3 is 19.9 Å². The number of likely N-dealkylation sites (N-methyl/N-ethyl adjacent to an activating group) is 1. The molecule has 0 aliphatic carbocycles. The van der Waals surface area contributed by atoms with Gasteiger partial charge in [-0.1, -0.05) is 18.2 Å². The number of hydrogen-bond donors (Lipinski definition) is 2. The molecule has 0 saturated heterocycles. The van der Waals surface area contributed by atoms with E-state index in [-0.39, 0.29) is 11.8 Å². The minimum absolute atomic E-state index is 0.191. The third-order valence-electron chi connectivity index (χ3n) is 3.66. The molecule has 0 spiro atoms. The summed E-state index contributed by atoms with van der Waals surface area (Å²) in [6, 6.07) is 7.13. The zero-order valence-electron chi connectivity index (χ0n) is 13.8. The molecule has 2 aromatic rings. The SMILES string of the molecule is CCNC(=O)[C@H](C)NC(=O)c1cn(CCOC)c2ccccc12. The van der Waals surface area contributed by atoms with E-state index in [9.17, 15) is 9.59 Å². The van der Waals surface area contributed by atoms with Crippen molar-refractivity contribution in [3.05, 3.63) is 36.0 Å². The predicted octanol–water partition coefficient (Wildman–Crippen LogP) is 1.54. The van der Waals surface area contributed by atoms with Crippen LogP contribution < -0.4 is 10.6 Å². The Morgan fingerprint density at radius 1 is 1.30 bits per heavy atom. The molecular weight excluding hydrogens is 294 g/mol.